The van der Waals surface area contributed by atoms with Gasteiger partial charge in [0.1, 0.15) is 5.75 Å². The van der Waals surface area contributed by atoms with Crippen LogP contribution in [0.5, 0.6) is 5.75 Å². The molecular weight excluding hydrogens is 314 g/mol. The highest BCUT2D eigenvalue weighted by Gasteiger charge is 2.09. The summed E-state index contributed by atoms with van der Waals surface area (Å²) in [6, 6.07) is 6.32. The van der Waals surface area contributed by atoms with Crippen LogP contribution in [0, 0.1) is 20.8 Å². The minimum absolute atomic E-state index is 0.712. The van der Waals surface area contributed by atoms with E-state index < -0.39 is 0 Å². The number of rotatable bonds is 6. The summed E-state index contributed by atoms with van der Waals surface area (Å²) in [5.74, 6) is 1.73. The summed E-state index contributed by atoms with van der Waals surface area (Å²) in [6.45, 7) is 7.68. The highest BCUT2D eigenvalue weighted by Crippen LogP contribution is 2.19. The second kappa shape index (κ2) is 8.55. The molecule has 0 bridgehead atoms. The summed E-state index contributed by atoms with van der Waals surface area (Å²) in [4.78, 5) is 4.29. The molecule has 0 saturated heterocycles. The number of hydrogen-bond acceptors (Lipinski definition) is 3. The molecule has 2 N–H and O–H groups in total. The number of aromatic nitrogens is 2. The van der Waals surface area contributed by atoms with Gasteiger partial charge in [-0.3, -0.25) is 9.67 Å². The number of methoxy groups -OCH3 is 1. The van der Waals surface area contributed by atoms with Crippen LogP contribution in [0.25, 0.3) is 0 Å². The Morgan fingerprint density at radius 1 is 1.24 bits per heavy atom. The van der Waals surface area contributed by atoms with Crippen molar-refractivity contribution in [3.05, 3.63) is 46.3 Å². The first-order chi connectivity index (χ1) is 12.0. The number of ether oxygens (including phenoxy) is 1. The zero-order chi connectivity index (χ0) is 18.4. The Morgan fingerprint density at radius 3 is 2.60 bits per heavy atom. The molecule has 0 unspecified atom stereocenters. The SMILES string of the molecule is CN=C(NCCc1ccc(C)c(OC)c1)NCc1c(C)nn(C)c1C. The average molecular weight is 343 g/mol. The fourth-order valence-electron chi connectivity index (χ4n) is 2.81. The fraction of sp³-hybridized carbons (Fsp3) is 0.474. The number of nitrogens with zero attached hydrogens (tertiary/aromatic N) is 3. The van der Waals surface area contributed by atoms with E-state index in [-0.39, 0.29) is 0 Å². The van der Waals surface area contributed by atoms with E-state index in [0.29, 0.717) is 6.54 Å². The minimum Gasteiger partial charge on any atom is -0.496 e. The molecule has 0 aliphatic rings. The maximum absolute atomic E-state index is 5.38. The molecule has 0 fully saturated rings. The molecule has 0 aliphatic carbocycles. The number of benzene rings is 1. The van der Waals surface area contributed by atoms with E-state index in [9.17, 15) is 0 Å². The van der Waals surface area contributed by atoms with Gasteiger partial charge >= 0.3 is 0 Å². The summed E-state index contributed by atoms with van der Waals surface area (Å²) >= 11 is 0. The molecule has 0 aliphatic heterocycles. The van der Waals surface area contributed by atoms with E-state index in [1.807, 2.05) is 18.7 Å². The predicted octanol–water partition coefficient (Wildman–Crippen LogP) is 2.26. The van der Waals surface area contributed by atoms with Crippen LogP contribution in [0.4, 0.5) is 0 Å². The van der Waals surface area contributed by atoms with Gasteiger partial charge in [-0.15, -0.1) is 0 Å². The molecule has 0 atom stereocenters. The molecule has 25 heavy (non-hydrogen) atoms. The highest BCUT2D eigenvalue weighted by atomic mass is 16.5. The van der Waals surface area contributed by atoms with Gasteiger partial charge < -0.3 is 15.4 Å². The van der Waals surface area contributed by atoms with Crippen LogP contribution in [-0.4, -0.2) is 36.4 Å². The van der Waals surface area contributed by atoms with Crippen LogP contribution < -0.4 is 15.4 Å². The average Bonchev–Trinajstić information content (AvgIpc) is 2.84. The van der Waals surface area contributed by atoms with E-state index in [1.165, 1.54) is 16.8 Å². The van der Waals surface area contributed by atoms with Crippen molar-refractivity contribution >= 4 is 5.96 Å². The van der Waals surface area contributed by atoms with E-state index >= 15 is 0 Å². The number of nitrogens with one attached hydrogen (secondary N) is 2. The second-order valence-corrected chi connectivity index (χ2v) is 6.18. The predicted molar refractivity (Wildman–Crippen MR) is 102 cm³/mol. The van der Waals surface area contributed by atoms with Crippen LogP contribution in [0.15, 0.2) is 23.2 Å². The first-order valence-electron chi connectivity index (χ1n) is 8.53. The molecule has 6 nitrogen and oxygen atoms in total. The van der Waals surface area contributed by atoms with Crippen molar-refractivity contribution < 1.29 is 4.74 Å². The van der Waals surface area contributed by atoms with Crippen molar-refractivity contribution in [3.8, 4) is 5.75 Å². The largest absolute Gasteiger partial charge is 0.496 e. The van der Waals surface area contributed by atoms with Gasteiger partial charge in [0.15, 0.2) is 5.96 Å². The topological polar surface area (TPSA) is 63.5 Å². The molecule has 2 rings (SSSR count). The number of aliphatic imine (C=N–C) groups is 1. The minimum atomic E-state index is 0.712. The molecule has 0 amide bonds. The zero-order valence-electron chi connectivity index (χ0n) is 16.1. The maximum Gasteiger partial charge on any atom is 0.191 e. The summed E-state index contributed by atoms with van der Waals surface area (Å²) < 4.78 is 7.29. The molecule has 1 heterocycles. The third-order valence-electron chi connectivity index (χ3n) is 4.49. The van der Waals surface area contributed by atoms with Crippen molar-refractivity contribution in [2.24, 2.45) is 12.0 Å². The number of guanidine groups is 1. The monoisotopic (exact) mass is 343 g/mol. The Morgan fingerprint density at radius 2 is 2.00 bits per heavy atom. The van der Waals surface area contributed by atoms with Gasteiger partial charge in [-0.25, -0.2) is 0 Å². The van der Waals surface area contributed by atoms with Gasteiger partial charge in [0.25, 0.3) is 0 Å². The van der Waals surface area contributed by atoms with Gasteiger partial charge in [0.05, 0.1) is 12.8 Å². The fourth-order valence-corrected chi connectivity index (χ4v) is 2.81. The molecule has 1 aromatic carbocycles. The molecule has 6 heteroatoms. The van der Waals surface area contributed by atoms with E-state index in [2.05, 4.69) is 52.8 Å². The number of aryl methyl sites for hydroxylation is 3. The van der Waals surface area contributed by atoms with Crippen molar-refractivity contribution in [3.63, 3.8) is 0 Å². The smallest absolute Gasteiger partial charge is 0.191 e. The Hall–Kier alpha value is -2.50. The first kappa shape index (κ1) is 18.8. The molecular formula is C19H29N5O. The Balaban J connectivity index is 1.86. The molecule has 0 radical (unpaired) electrons. The van der Waals surface area contributed by atoms with Crippen LogP contribution in [0.3, 0.4) is 0 Å². The van der Waals surface area contributed by atoms with E-state index in [4.69, 9.17) is 4.74 Å². The molecule has 1 aromatic heterocycles. The Labute approximate surface area is 150 Å². The summed E-state index contributed by atoms with van der Waals surface area (Å²) in [5.41, 5.74) is 5.83. The normalized spacial score (nSPS) is 11.5. The quantitative estimate of drug-likeness (QED) is 0.624. The summed E-state index contributed by atoms with van der Waals surface area (Å²) in [5, 5.41) is 11.2. The van der Waals surface area contributed by atoms with Crippen LogP contribution in [0.1, 0.15) is 28.1 Å². The first-order valence-corrected chi connectivity index (χ1v) is 8.53. The van der Waals surface area contributed by atoms with Gasteiger partial charge in [0, 0.05) is 38.4 Å². The maximum atomic E-state index is 5.38. The van der Waals surface area contributed by atoms with Crippen molar-refractivity contribution in [2.75, 3.05) is 20.7 Å². The van der Waals surface area contributed by atoms with Crippen LogP contribution >= 0.6 is 0 Å². The van der Waals surface area contributed by atoms with Crippen molar-refractivity contribution in [2.45, 2.75) is 33.7 Å². The van der Waals surface area contributed by atoms with Gasteiger partial charge in [-0.1, -0.05) is 12.1 Å². The summed E-state index contributed by atoms with van der Waals surface area (Å²) in [6.07, 6.45) is 0.905. The lowest BCUT2D eigenvalue weighted by molar-refractivity contribution is 0.411. The van der Waals surface area contributed by atoms with E-state index in [1.54, 1.807) is 14.2 Å². The summed E-state index contributed by atoms with van der Waals surface area (Å²) in [7, 11) is 5.46. The lowest BCUT2D eigenvalue weighted by Crippen LogP contribution is -2.38. The lowest BCUT2D eigenvalue weighted by atomic mass is 10.1. The van der Waals surface area contributed by atoms with Crippen molar-refractivity contribution in [1.82, 2.24) is 20.4 Å². The van der Waals surface area contributed by atoms with Gasteiger partial charge in [-0.05, 0) is 44.4 Å². The third-order valence-corrected chi connectivity index (χ3v) is 4.49. The van der Waals surface area contributed by atoms with Crippen molar-refractivity contribution in [1.29, 1.82) is 0 Å². The van der Waals surface area contributed by atoms with E-state index in [0.717, 1.165) is 35.9 Å². The van der Waals surface area contributed by atoms with Gasteiger partial charge in [-0.2, -0.15) is 5.10 Å². The number of hydrogen-bond donors (Lipinski definition) is 2. The highest BCUT2D eigenvalue weighted by molar-refractivity contribution is 5.79. The van der Waals surface area contributed by atoms with Crippen LogP contribution in [-0.2, 0) is 20.0 Å². The molecule has 0 saturated carbocycles. The molecule has 2 aromatic rings. The standard InChI is InChI=1S/C19H29N5O/c1-13-7-8-16(11-18(13)25-6)9-10-21-19(20-4)22-12-17-14(2)23-24(5)15(17)3/h7-8,11H,9-10,12H2,1-6H3,(H2,20,21,22). The van der Waals surface area contributed by atoms with Gasteiger partial charge in [0.2, 0.25) is 0 Å². The lowest BCUT2D eigenvalue weighted by Gasteiger charge is -2.13. The Bertz CT molecular complexity index is 749. The second-order valence-electron chi connectivity index (χ2n) is 6.18. The van der Waals surface area contributed by atoms with Crippen LogP contribution in [0.2, 0.25) is 0 Å². The Kier molecular flexibility index (Phi) is 6.44. The zero-order valence-corrected chi connectivity index (χ0v) is 16.1. The molecule has 0 spiro atoms. The molecule has 136 valence electrons. The third kappa shape index (κ3) is 4.75.